The second kappa shape index (κ2) is 8.52. The van der Waals surface area contributed by atoms with Gasteiger partial charge in [0.2, 0.25) is 15.9 Å². The fourth-order valence-electron chi connectivity index (χ4n) is 3.13. The zero-order valence-corrected chi connectivity index (χ0v) is 17.0. The third-order valence-corrected chi connectivity index (χ3v) is 6.28. The van der Waals surface area contributed by atoms with E-state index in [1.807, 2.05) is 6.07 Å². The summed E-state index contributed by atoms with van der Waals surface area (Å²) in [4.78, 5) is 24.4. The molecule has 0 spiro atoms. The smallest absolute Gasteiger partial charge is 0.251 e. The third-order valence-electron chi connectivity index (χ3n) is 4.59. The fraction of sp³-hybridized carbons (Fsp3) is 0.300. The molecule has 1 fully saturated rings. The van der Waals surface area contributed by atoms with Gasteiger partial charge in [0, 0.05) is 18.5 Å². The number of methoxy groups -OCH3 is 2. The molecular formula is C20H22N2O6S. The molecule has 2 aromatic carbocycles. The molecule has 1 heterocycles. The van der Waals surface area contributed by atoms with Gasteiger partial charge in [0.15, 0.2) is 0 Å². The van der Waals surface area contributed by atoms with Gasteiger partial charge in [-0.1, -0.05) is 6.07 Å². The standard InChI is InChI=1S/C20H22N2O6S/c1-27-17-6-7-18(28-2)14(13-17)8-10-21-20(24)15-4-3-5-16(12-15)22-19(23)9-11-29(22,25)26/h3-7,12-13H,8-11H2,1-2H3,(H,21,24). The summed E-state index contributed by atoms with van der Waals surface area (Å²) in [5.41, 5.74) is 1.33. The van der Waals surface area contributed by atoms with Gasteiger partial charge in [0.25, 0.3) is 5.91 Å². The van der Waals surface area contributed by atoms with Gasteiger partial charge in [0.05, 0.1) is 25.7 Å². The third kappa shape index (κ3) is 4.51. The molecule has 2 aromatic rings. The number of rotatable bonds is 7. The topological polar surface area (TPSA) is 102 Å². The maximum Gasteiger partial charge on any atom is 0.251 e. The Morgan fingerprint density at radius 1 is 1.14 bits per heavy atom. The van der Waals surface area contributed by atoms with Crippen LogP contribution in [0.3, 0.4) is 0 Å². The molecule has 0 bridgehead atoms. The minimum atomic E-state index is -3.67. The lowest BCUT2D eigenvalue weighted by Crippen LogP contribution is -2.30. The summed E-state index contributed by atoms with van der Waals surface area (Å²) in [6.45, 7) is 0.341. The molecule has 0 atom stereocenters. The van der Waals surface area contributed by atoms with Crippen LogP contribution in [0.4, 0.5) is 5.69 Å². The molecule has 1 saturated heterocycles. The summed E-state index contributed by atoms with van der Waals surface area (Å²) >= 11 is 0. The van der Waals surface area contributed by atoms with Gasteiger partial charge in [0.1, 0.15) is 11.5 Å². The molecular weight excluding hydrogens is 396 g/mol. The molecule has 2 amide bonds. The Kier molecular flexibility index (Phi) is 6.07. The molecule has 3 rings (SSSR count). The van der Waals surface area contributed by atoms with Crippen molar-refractivity contribution in [3.05, 3.63) is 53.6 Å². The average molecular weight is 418 g/mol. The molecule has 154 valence electrons. The van der Waals surface area contributed by atoms with E-state index in [9.17, 15) is 18.0 Å². The van der Waals surface area contributed by atoms with Crippen LogP contribution in [0.1, 0.15) is 22.3 Å². The van der Waals surface area contributed by atoms with Gasteiger partial charge in [-0.05, 0) is 48.4 Å². The van der Waals surface area contributed by atoms with Gasteiger partial charge in [-0.15, -0.1) is 0 Å². The number of hydrogen-bond acceptors (Lipinski definition) is 6. The SMILES string of the molecule is COc1ccc(OC)c(CCNC(=O)c2cccc(N3C(=O)CCS3(=O)=O)c2)c1. The van der Waals surface area contributed by atoms with Crippen molar-refractivity contribution in [3.8, 4) is 11.5 Å². The fourth-order valence-corrected chi connectivity index (χ4v) is 4.58. The van der Waals surface area contributed by atoms with E-state index < -0.39 is 15.9 Å². The molecule has 0 aliphatic carbocycles. The lowest BCUT2D eigenvalue weighted by molar-refractivity contribution is -0.116. The second-order valence-electron chi connectivity index (χ2n) is 6.46. The minimum Gasteiger partial charge on any atom is -0.497 e. The van der Waals surface area contributed by atoms with Gasteiger partial charge < -0.3 is 14.8 Å². The zero-order chi connectivity index (χ0) is 21.0. The van der Waals surface area contributed by atoms with Gasteiger partial charge >= 0.3 is 0 Å². The molecule has 1 aliphatic rings. The summed E-state index contributed by atoms with van der Waals surface area (Å²) in [7, 11) is -0.525. The lowest BCUT2D eigenvalue weighted by atomic mass is 10.1. The van der Waals surface area contributed by atoms with E-state index in [1.54, 1.807) is 38.5 Å². The number of carbonyl (C=O) groups is 2. The second-order valence-corrected chi connectivity index (χ2v) is 8.40. The molecule has 1 aliphatic heterocycles. The summed E-state index contributed by atoms with van der Waals surface area (Å²) in [6, 6.07) is 11.5. The van der Waals surface area contributed by atoms with Crippen LogP contribution in [-0.2, 0) is 21.2 Å². The predicted octanol–water partition coefficient (Wildman–Crippen LogP) is 1.74. The van der Waals surface area contributed by atoms with E-state index >= 15 is 0 Å². The summed E-state index contributed by atoms with van der Waals surface area (Å²) < 4.78 is 35.5. The van der Waals surface area contributed by atoms with Crippen molar-refractivity contribution < 1.29 is 27.5 Å². The Bertz CT molecular complexity index is 1040. The molecule has 0 radical (unpaired) electrons. The van der Waals surface area contributed by atoms with Crippen molar-refractivity contribution in [2.24, 2.45) is 0 Å². The van der Waals surface area contributed by atoms with Crippen LogP contribution >= 0.6 is 0 Å². The number of amides is 2. The maximum absolute atomic E-state index is 12.5. The number of carbonyl (C=O) groups excluding carboxylic acids is 2. The van der Waals surface area contributed by atoms with Crippen LogP contribution < -0.4 is 19.1 Å². The molecule has 0 saturated carbocycles. The van der Waals surface area contributed by atoms with Crippen molar-refractivity contribution in [2.75, 3.05) is 30.8 Å². The van der Waals surface area contributed by atoms with Crippen molar-refractivity contribution in [1.82, 2.24) is 5.32 Å². The molecule has 9 heteroatoms. The monoisotopic (exact) mass is 418 g/mol. The van der Waals surface area contributed by atoms with Gasteiger partial charge in [-0.3, -0.25) is 9.59 Å². The van der Waals surface area contributed by atoms with E-state index in [2.05, 4.69) is 5.32 Å². The summed E-state index contributed by atoms with van der Waals surface area (Å²) in [5, 5.41) is 2.80. The number of anilines is 1. The predicted molar refractivity (Wildman–Crippen MR) is 108 cm³/mol. The molecule has 29 heavy (non-hydrogen) atoms. The van der Waals surface area contributed by atoms with Crippen LogP contribution in [0, 0.1) is 0 Å². The number of sulfonamides is 1. The Balaban J connectivity index is 1.69. The van der Waals surface area contributed by atoms with E-state index in [0.717, 1.165) is 9.87 Å². The molecule has 8 nitrogen and oxygen atoms in total. The Morgan fingerprint density at radius 3 is 2.59 bits per heavy atom. The van der Waals surface area contributed by atoms with E-state index in [4.69, 9.17) is 9.47 Å². The first-order chi connectivity index (χ1) is 13.9. The lowest BCUT2D eigenvalue weighted by Gasteiger charge is -2.16. The molecule has 0 unspecified atom stereocenters. The Labute approximate surface area is 169 Å². The normalized spacial score (nSPS) is 15.2. The quantitative estimate of drug-likeness (QED) is 0.735. The van der Waals surface area contributed by atoms with E-state index in [-0.39, 0.29) is 29.3 Å². The highest BCUT2D eigenvalue weighted by molar-refractivity contribution is 7.94. The van der Waals surface area contributed by atoms with Crippen molar-refractivity contribution in [1.29, 1.82) is 0 Å². The molecule has 0 aromatic heterocycles. The Morgan fingerprint density at radius 2 is 1.93 bits per heavy atom. The molecule has 1 N–H and O–H groups in total. The number of hydrogen-bond donors (Lipinski definition) is 1. The van der Waals surface area contributed by atoms with Crippen LogP contribution in [0.2, 0.25) is 0 Å². The number of nitrogens with zero attached hydrogens (tertiary/aromatic N) is 1. The highest BCUT2D eigenvalue weighted by Gasteiger charge is 2.36. The van der Waals surface area contributed by atoms with Crippen LogP contribution in [0.25, 0.3) is 0 Å². The van der Waals surface area contributed by atoms with E-state index in [1.165, 1.54) is 12.1 Å². The minimum absolute atomic E-state index is 0.0544. The average Bonchev–Trinajstić information content (AvgIpc) is 3.00. The largest absolute Gasteiger partial charge is 0.497 e. The Hall–Kier alpha value is -3.07. The maximum atomic E-state index is 12.5. The van der Waals surface area contributed by atoms with Crippen LogP contribution in [0.5, 0.6) is 11.5 Å². The van der Waals surface area contributed by atoms with Gasteiger partial charge in [-0.2, -0.15) is 0 Å². The number of nitrogens with one attached hydrogen (secondary N) is 1. The van der Waals surface area contributed by atoms with Crippen LogP contribution in [-0.4, -0.2) is 46.7 Å². The van der Waals surface area contributed by atoms with E-state index in [0.29, 0.717) is 24.5 Å². The number of ether oxygens (including phenoxy) is 2. The first-order valence-electron chi connectivity index (χ1n) is 9.00. The summed E-state index contributed by atoms with van der Waals surface area (Å²) in [6.07, 6.45) is 0.464. The first kappa shape index (κ1) is 20.7. The zero-order valence-electron chi connectivity index (χ0n) is 16.2. The highest BCUT2D eigenvalue weighted by atomic mass is 32.2. The van der Waals surface area contributed by atoms with Crippen molar-refractivity contribution in [3.63, 3.8) is 0 Å². The summed E-state index contributed by atoms with van der Waals surface area (Å²) in [5.74, 6) is 0.312. The van der Waals surface area contributed by atoms with Gasteiger partial charge in [-0.25, -0.2) is 12.7 Å². The number of benzene rings is 2. The van der Waals surface area contributed by atoms with Crippen molar-refractivity contribution in [2.45, 2.75) is 12.8 Å². The highest BCUT2D eigenvalue weighted by Crippen LogP contribution is 2.26. The van der Waals surface area contributed by atoms with Crippen LogP contribution in [0.15, 0.2) is 42.5 Å². The first-order valence-corrected chi connectivity index (χ1v) is 10.6. The van der Waals surface area contributed by atoms with Crippen molar-refractivity contribution >= 4 is 27.5 Å².